The van der Waals surface area contributed by atoms with Crippen molar-refractivity contribution in [1.82, 2.24) is 15.0 Å². The van der Waals surface area contributed by atoms with Crippen molar-refractivity contribution in [3.05, 3.63) is 52.4 Å². The number of aliphatic hydroxyl groups excluding tert-OH is 1. The van der Waals surface area contributed by atoms with Crippen molar-refractivity contribution >= 4 is 22.7 Å². The highest BCUT2D eigenvalue weighted by Gasteiger charge is 2.20. The van der Waals surface area contributed by atoms with E-state index < -0.39 is 6.10 Å². The maximum atomic E-state index is 10.3. The Bertz CT molecular complexity index is 765. The van der Waals surface area contributed by atoms with E-state index in [1.807, 2.05) is 25.1 Å². The second-order valence-corrected chi connectivity index (χ2v) is 4.93. The number of aryl methyl sites for hydroxylation is 2. The van der Waals surface area contributed by atoms with Gasteiger partial charge in [-0.3, -0.25) is 0 Å². The van der Waals surface area contributed by atoms with Gasteiger partial charge in [-0.15, -0.1) is 0 Å². The number of rotatable bonds is 2. The monoisotopic (exact) mass is 289 g/mol. The van der Waals surface area contributed by atoms with E-state index in [9.17, 15) is 5.11 Å². The Morgan fingerprint density at radius 2 is 2.00 bits per heavy atom. The van der Waals surface area contributed by atoms with Gasteiger partial charge in [0.1, 0.15) is 16.5 Å². The van der Waals surface area contributed by atoms with Crippen LogP contribution in [-0.4, -0.2) is 20.1 Å². The van der Waals surface area contributed by atoms with E-state index in [4.69, 9.17) is 16.0 Å². The van der Waals surface area contributed by atoms with Crippen molar-refractivity contribution in [1.29, 1.82) is 0 Å². The van der Waals surface area contributed by atoms with Crippen molar-refractivity contribution < 1.29 is 9.52 Å². The van der Waals surface area contributed by atoms with E-state index in [0.717, 1.165) is 11.1 Å². The second kappa shape index (κ2) is 4.85. The average Bonchev–Trinajstić information content (AvgIpc) is 2.82. The van der Waals surface area contributed by atoms with Gasteiger partial charge >= 0.3 is 0 Å². The lowest BCUT2D eigenvalue weighted by molar-refractivity contribution is 0.180. The van der Waals surface area contributed by atoms with Crippen LogP contribution in [0.3, 0.4) is 0 Å². The smallest absolute Gasteiger partial charge is 0.230 e. The third-order valence-corrected chi connectivity index (χ3v) is 3.17. The number of fused-ring (bicyclic) bond motifs is 1. The summed E-state index contributed by atoms with van der Waals surface area (Å²) in [6.07, 6.45) is -1.07. The molecule has 2 heterocycles. The van der Waals surface area contributed by atoms with Gasteiger partial charge in [-0.1, -0.05) is 23.7 Å². The van der Waals surface area contributed by atoms with Gasteiger partial charge in [0.05, 0.1) is 5.69 Å². The first-order valence-corrected chi connectivity index (χ1v) is 6.47. The number of benzene rings is 1. The Morgan fingerprint density at radius 1 is 1.20 bits per heavy atom. The predicted molar refractivity (Wildman–Crippen MR) is 74.6 cm³/mol. The Morgan fingerprint density at radius 3 is 2.70 bits per heavy atom. The lowest BCUT2D eigenvalue weighted by atomic mass is 10.2. The van der Waals surface area contributed by atoms with Crippen LogP contribution in [-0.2, 0) is 0 Å². The molecule has 0 bridgehead atoms. The molecule has 6 heteroatoms. The highest BCUT2D eigenvalue weighted by Crippen LogP contribution is 2.26. The van der Waals surface area contributed by atoms with Crippen molar-refractivity contribution in [3.8, 4) is 0 Å². The summed E-state index contributed by atoms with van der Waals surface area (Å²) in [7, 11) is 0. The number of hydrogen-bond donors (Lipinski definition) is 1. The van der Waals surface area contributed by atoms with E-state index in [-0.39, 0.29) is 11.0 Å². The van der Waals surface area contributed by atoms with Crippen LogP contribution in [0, 0.1) is 13.8 Å². The standard InChI is InChI=1S/C14H12ClN3O2/c1-7-4-3-5-10-12(7)18-14(20-10)13(19)9-6-11(15)17-8(2)16-9/h3-6,13,19H,1-2H3. The molecular weight excluding hydrogens is 278 g/mol. The summed E-state index contributed by atoms with van der Waals surface area (Å²) >= 11 is 5.87. The van der Waals surface area contributed by atoms with Crippen LogP contribution >= 0.6 is 11.6 Å². The Kier molecular flexibility index (Phi) is 3.16. The van der Waals surface area contributed by atoms with Crippen LogP contribution in [0.1, 0.15) is 29.1 Å². The summed E-state index contributed by atoms with van der Waals surface area (Å²) in [5.41, 5.74) is 2.72. The number of oxazole rings is 1. The minimum Gasteiger partial charge on any atom is -0.437 e. The van der Waals surface area contributed by atoms with Crippen molar-refractivity contribution in [2.45, 2.75) is 20.0 Å². The molecule has 1 N–H and O–H groups in total. The largest absolute Gasteiger partial charge is 0.437 e. The van der Waals surface area contributed by atoms with Crippen LogP contribution in [0.5, 0.6) is 0 Å². The molecule has 0 aliphatic rings. The summed E-state index contributed by atoms with van der Waals surface area (Å²) in [6, 6.07) is 7.13. The summed E-state index contributed by atoms with van der Waals surface area (Å²) in [4.78, 5) is 12.4. The maximum absolute atomic E-state index is 10.3. The zero-order chi connectivity index (χ0) is 14.3. The second-order valence-electron chi connectivity index (χ2n) is 4.54. The van der Waals surface area contributed by atoms with E-state index in [2.05, 4.69) is 15.0 Å². The lowest BCUT2D eigenvalue weighted by Gasteiger charge is -2.06. The molecule has 0 spiro atoms. The van der Waals surface area contributed by atoms with Gasteiger partial charge in [-0.2, -0.15) is 0 Å². The first-order valence-electron chi connectivity index (χ1n) is 6.10. The maximum Gasteiger partial charge on any atom is 0.230 e. The summed E-state index contributed by atoms with van der Waals surface area (Å²) < 4.78 is 5.58. The fraction of sp³-hybridized carbons (Fsp3) is 0.214. The normalized spacial score (nSPS) is 12.8. The van der Waals surface area contributed by atoms with Crippen molar-refractivity contribution in [2.75, 3.05) is 0 Å². The van der Waals surface area contributed by atoms with E-state index in [1.165, 1.54) is 6.07 Å². The molecule has 20 heavy (non-hydrogen) atoms. The van der Waals surface area contributed by atoms with Crippen LogP contribution in [0.25, 0.3) is 11.1 Å². The minimum absolute atomic E-state index is 0.198. The molecule has 0 aliphatic carbocycles. The summed E-state index contributed by atoms with van der Waals surface area (Å²) in [6.45, 7) is 3.64. The first kappa shape index (κ1) is 13.0. The van der Waals surface area contributed by atoms with E-state index >= 15 is 0 Å². The van der Waals surface area contributed by atoms with Crippen LogP contribution < -0.4 is 0 Å². The molecule has 102 valence electrons. The average molecular weight is 290 g/mol. The van der Waals surface area contributed by atoms with Gasteiger partial charge in [0.25, 0.3) is 0 Å². The topological polar surface area (TPSA) is 72.0 Å². The summed E-state index contributed by atoms with van der Waals surface area (Å²) in [5.74, 6) is 0.683. The highest BCUT2D eigenvalue weighted by molar-refractivity contribution is 6.29. The molecule has 1 unspecified atom stereocenters. The SMILES string of the molecule is Cc1nc(Cl)cc(C(O)c2nc3c(C)cccc3o2)n1. The fourth-order valence-corrected chi connectivity index (χ4v) is 2.27. The van der Waals surface area contributed by atoms with Crippen molar-refractivity contribution in [2.24, 2.45) is 0 Å². The van der Waals surface area contributed by atoms with Crippen molar-refractivity contribution in [3.63, 3.8) is 0 Å². The molecule has 0 aliphatic heterocycles. The molecule has 0 amide bonds. The summed E-state index contributed by atoms with van der Waals surface area (Å²) in [5, 5.41) is 10.6. The molecule has 5 nitrogen and oxygen atoms in total. The number of hydrogen-bond acceptors (Lipinski definition) is 5. The third-order valence-electron chi connectivity index (χ3n) is 2.98. The Labute approximate surface area is 120 Å². The van der Waals surface area contributed by atoms with Gasteiger partial charge in [0, 0.05) is 6.07 Å². The molecule has 0 radical (unpaired) electrons. The lowest BCUT2D eigenvalue weighted by Crippen LogP contribution is -2.05. The number of nitrogens with zero attached hydrogens (tertiary/aromatic N) is 3. The van der Waals surface area contributed by atoms with Crippen LogP contribution in [0.15, 0.2) is 28.7 Å². The van der Waals surface area contributed by atoms with Gasteiger partial charge in [0.15, 0.2) is 11.7 Å². The Balaban J connectivity index is 2.07. The van der Waals surface area contributed by atoms with Gasteiger partial charge < -0.3 is 9.52 Å². The molecule has 0 saturated heterocycles. The van der Waals surface area contributed by atoms with Gasteiger partial charge in [-0.05, 0) is 25.5 Å². The fourth-order valence-electron chi connectivity index (χ4n) is 2.04. The quantitative estimate of drug-likeness (QED) is 0.734. The number of halogens is 1. The van der Waals surface area contributed by atoms with E-state index in [1.54, 1.807) is 6.92 Å². The number of aliphatic hydroxyl groups is 1. The Hall–Kier alpha value is -1.98. The molecule has 3 rings (SSSR count). The molecule has 3 aromatic rings. The molecule has 0 fully saturated rings. The van der Waals surface area contributed by atoms with Crippen LogP contribution in [0.2, 0.25) is 5.15 Å². The minimum atomic E-state index is -1.07. The predicted octanol–water partition coefficient (Wildman–Crippen LogP) is 2.97. The molecule has 0 saturated carbocycles. The molecule has 2 aromatic heterocycles. The zero-order valence-corrected chi connectivity index (χ0v) is 11.7. The van der Waals surface area contributed by atoms with Gasteiger partial charge in [0.2, 0.25) is 5.89 Å². The van der Waals surface area contributed by atoms with E-state index in [0.29, 0.717) is 17.1 Å². The molecule has 1 atom stereocenters. The third kappa shape index (κ3) is 2.26. The van der Waals surface area contributed by atoms with Gasteiger partial charge in [-0.25, -0.2) is 15.0 Å². The highest BCUT2D eigenvalue weighted by atomic mass is 35.5. The first-order chi connectivity index (χ1) is 9.54. The van der Waals surface area contributed by atoms with Crippen LogP contribution in [0.4, 0.5) is 0 Å². The number of aromatic nitrogens is 3. The zero-order valence-electron chi connectivity index (χ0n) is 11.0. The number of para-hydroxylation sites is 1. The molecular formula is C14H12ClN3O2. The molecule has 1 aromatic carbocycles.